The van der Waals surface area contributed by atoms with Crippen LogP contribution in [0.3, 0.4) is 0 Å². The maximum absolute atomic E-state index is 13.5. The van der Waals surface area contributed by atoms with Crippen molar-refractivity contribution in [3.63, 3.8) is 0 Å². The summed E-state index contributed by atoms with van der Waals surface area (Å²) in [5.74, 6) is -0.532. The summed E-state index contributed by atoms with van der Waals surface area (Å²) in [6.45, 7) is 1.53. The SMILES string of the molecule is COCCC(=O)N1CCC2(CC1)N(Cc1cccc(F)c1)C(=O)C[S@@]2=O. The molecule has 0 saturated carbocycles. The summed E-state index contributed by atoms with van der Waals surface area (Å²) in [6.07, 6.45) is 1.26. The number of hydrogen-bond donors (Lipinski definition) is 0. The second kappa shape index (κ2) is 7.84. The van der Waals surface area contributed by atoms with Gasteiger partial charge in [0, 0.05) is 39.6 Å². The van der Waals surface area contributed by atoms with Crippen molar-refractivity contribution in [3.8, 4) is 0 Å². The van der Waals surface area contributed by atoms with E-state index < -0.39 is 15.7 Å². The number of benzene rings is 1. The van der Waals surface area contributed by atoms with Crippen LogP contribution >= 0.6 is 0 Å². The Hall–Kier alpha value is -1.80. The Balaban J connectivity index is 1.73. The van der Waals surface area contributed by atoms with E-state index in [-0.39, 0.29) is 29.9 Å². The Labute approximate surface area is 154 Å². The van der Waals surface area contributed by atoms with Gasteiger partial charge < -0.3 is 14.5 Å². The van der Waals surface area contributed by atoms with Gasteiger partial charge in [0.25, 0.3) is 0 Å². The number of carbonyl (C=O) groups excluding carboxylic acids is 2. The zero-order valence-corrected chi connectivity index (χ0v) is 15.6. The average molecular weight is 382 g/mol. The molecule has 2 aliphatic rings. The van der Waals surface area contributed by atoms with Crippen LogP contribution in [0.2, 0.25) is 0 Å². The average Bonchev–Trinajstić information content (AvgIpc) is 2.84. The zero-order valence-electron chi connectivity index (χ0n) is 14.8. The molecule has 1 aromatic rings. The first-order valence-corrected chi connectivity index (χ1v) is 9.98. The number of nitrogens with zero attached hydrogens (tertiary/aromatic N) is 2. The Morgan fingerprint density at radius 3 is 2.73 bits per heavy atom. The highest BCUT2D eigenvalue weighted by Crippen LogP contribution is 2.38. The third-order valence-electron chi connectivity index (χ3n) is 5.12. The van der Waals surface area contributed by atoms with E-state index in [0.717, 1.165) is 0 Å². The number of methoxy groups -OCH3 is 1. The van der Waals surface area contributed by atoms with Crippen LogP contribution < -0.4 is 0 Å². The molecule has 2 heterocycles. The van der Waals surface area contributed by atoms with Gasteiger partial charge in [-0.15, -0.1) is 0 Å². The van der Waals surface area contributed by atoms with Gasteiger partial charge in [-0.2, -0.15) is 0 Å². The van der Waals surface area contributed by atoms with Crippen LogP contribution in [-0.4, -0.2) is 63.3 Å². The predicted octanol–water partition coefficient (Wildman–Crippen LogP) is 1.27. The molecule has 0 N–H and O–H groups in total. The summed E-state index contributed by atoms with van der Waals surface area (Å²) in [7, 11) is 0.231. The minimum absolute atomic E-state index is 0.00701. The van der Waals surface area contributed by atoms with E-state index in [1.54, 1.807) is 29.0 Å². The van der Waals surface area contributed by atoms with Gasteiger partial charge in [0.1, 0.15) is 16.4 Å². The van der Waals surface area contributed by atoms with Crippen molar-refractivity contribution in [3.05, 3.63) is 35.6 Å². The van der Waals surface area contributed by atoms with Crippen LogP contribution in [0.15, 0.2) is 24.3 Å². The van der Waals surface area contributed by atoms with E-state index in [9.17, 15) is 18.2 Å². The second-order valence-corrected chi connectivity index (χ2v) is 8.41. The molecule has 142 valence electrons. The van der Waals surface area contributed by atoms with E-state index >= 15 is 0 Å². The molecular formula is C18H23FN2O4S. The smallest absolute Gasteiger partial charge is 0.236 e. The number of hydrogen-bond acceptors (Lipinski definition) is 4. The molecule has 1 spiro atoms. The lowest BCUT2D eigenvalue weighted by atomic mass is 10.0. The molecule has 2 fully saturated rings. The van der Waals surface area contributed by atoms with Crippen molar-refractivity contribution in [2.24, 2.45) is 0 Å². The number of halogens is 1. The highest BCUT2D eigenvalue weighted by Gasteiger charge is 2.53. The van der Waals surface area contributed by atoms with Crippen LogP contribution in [-0.2, 0) is 31.7 Å². The van der Waals surface area contributed by atoms with Gasteiger partial charge in [0.15, 0.2) is 0 Å². The van der Waals surface area contributed by atoms with Gasteiger partial charge >= 0.3 is 0 Å². The molecular weight excluding hydrogens is 359 g/mol. The fourth-order valence-electron chi connectivity index (χ4n) is 3.68. The van der Waals surface area contributed by atoms with Crippen LogP contribution in [0, 0.1) is 5.82 Å². The third kappa shape index (κ3) is 3.66. The molecule has 0 radical (unpaired) electrons. The number of amides is 2. The Bertz CT molecular complexity index is 719. The van der Waals surface area contributed by atoms with E-state index in [1.807, 2.05) is 0 Å². The Morgan fingerprint density at radius 1 is 1.35 bits per heavy atom. The molecule has 1 aromatic carbocycles. The maximum Gasteiger partial charge on any atom is 0.236 e. The molecule has 0 aromatic heterocycles. The third-order valence-corrected chi connectivity index (χ3v) is 7.10. The van der Waals surface area contributed by atoms with Gasteiger partial charge in [-0.25, -0.2) is 4.39 Å². The van der Waals surface area contributed by atoms with Crippen molar-refractivity contribution in [2.75, 3.05) is 32.6 Å². The minimum Gasteiger partial charge on any atom is -0.384 e. The summed E-state index contributed by atoms with van der Waals surface area (Å²) in [5.41, 5.74) is 0.676. The van der Waals surface area contributed by atoms with Crippen molar-refractivity contribution in [1.29, 1.82) is 0 Å². The minimum atomic E-state index is -1.32. The molecule has 0 bridgehead atoms. The van der Waals surface area contributed by atoms with Gasteiger partial charge in [-0.1, -0.05) is 12.1 Å². The number of rotatable bonds is 5. The molecule has 6 nitrogen and oxygen atoms in total. The monoisotopic (exact) mass is 382 g/mol. The van der Waals surface area contributed by atoms with Gasteiger partial charge in [-0.05, 0) is 17.7 Å². The standard InChI is InChI=1S/C18H23FN2O4S/c1-25-10-5-16(22)20-8-6-18(7-9-20)21(17(23)13-26(18)24)12-14-3-2-4-15(19)11-14/h2-4,11H,5-10,12-13H2,1H3/t26-/m0/s1. The van der Waals surface area contributed by atoms with Crippen LogP contribution in [0.4, 0.5) is 4.39 Å². The molecule has 8 heteroatoms. The lowest BCUT2D eigenvalue weighted by Crippen LogP contribution is -2.55. The van der Waals surface area contributed by atoms with Crippen molar-refractivity contribution in [1.82, 2.24) is 9.80 Å². The van der Waals surface area contributed by atoms with E-state index in [2.05, 4.69) is 0 Å². The first kappa shape index (κ1) is 19.0. The Morgan fingerprint density at radius 2 is 2.08 bits per heavy atom. The number of piperidine rings is 1. The van der Waals surface area contributed by atoms with Gasteiger partial charge in [0.05, 0.1) is 23.8 Å². The van der Waals surface area contributed by atoms with E-state index in [0.29, 0.717) is 44.5 Å². The molecule has 2 aliphatic heterocycles. The van der Waals surface area contributed by atoms with Crippen molar-refractivity contribution >= 4 is 22.6 Å². The summed E-state index contributed by atoms with van der Waals surface area (Å²) in [6, 6.07) is 6.11. The summed E-state index contributed by atoms with van der Waals surface area (Å²) < 4.78 is 31.1. The molecule has 0 aliphatic carbocycles. The normalized spacial score (nSPS) is 22.2. The molecule has 2 amide bonds. The van der Waals surface area contributed by atoms with Crippen molar-refractivity contribution in [2.45, 2.75) is 30.7 Å². The highest BCUT2D eigenvalue weighted by molar-refractivity contribution is 7.87. The number of ether oxygens (including phenoxy) is 1. The molecule has 2 saturated heterocycles. The quantitative estimate of drug-likeness (QED) is 0.769. The lowest BCUT2D eigenvalue weighted by Gasteiger charge is -2.43. The Kier molecular flexibility index (Phi) is 5.72. The van der Waals surface area contributed by atoms with Gasteiger partial charge in [-0.3, -0.25) is 13.8 Å². The van der Waals surface area contributed by atoms with Gasteiger partial charge in [0.2, 0.25) is 11.8 Å². The van der Waals surface area contributed by atoms with Crippen LogP contribution in [0.1, 0.15) is 24.8 Å². The first-order chi connectivity index (χ1) is 12.5. The maximum atomic E-state index is 13.5. The predicted molar refractivity (Wildman–Crippen MR) is 95.0 cm³/mol. The summed E-state index contributed by atoms with van der Waals surface area (Å²) in [5, 5.41) is 0. The summed E-state index contributed by atoms with van der Waals surface area (Å²) >= 11 is 0. The molecule has 1 atom stereocenters. The van der Waals surface area contributed by atoms with E-state index in [1.165, 1.54) is 12.1 Å². The molecule has 26 heavy (non-hydrogen) atoms. The van der Waals surface area contributed by atoms with Crippen LogP contribution in [0.5, 0.6) is 0 Å². The van der Waals surface area contributed by atoms with E-state index in [4.69, 9.17) is 4.74 Å². The topological polar surface area (TPSA) is 66.9 Å². The largest absolute Gasteiger partial charge is 0.384 e. The molecule has 0 unspecified atom stereocenters. The fourth-order valence-corrected chi connectivity index (χ4v) is 5.37. The molecule has 3 rings (SSSR count). The number of carbonyl (C=O) groups is 2. The van der Waals surface area contributed by atoms with Crippen molar-refractivity contribution < 1.29 is 22.9 Å². The second-order valence-electron chi connectivity index (χ2n) is 6.67. The fraction of sp³-hybridized carbons (Fsp3) is 0.556. The number of likely N-dealkylation sites (tertiary alicyclic amines) is 1. The summed E-state index contributed by atoms with van der Waals surface area (Å²) in [4.78, 5) is 27.2. The lowest BCUT2D eigenvalue weighted by molar-refractivity contribution is -0.136. The highest BCUT2D eigenvalue weighted by atomic mass is 32.2. The first-order valence-electron chi connectivity index (χ1n) is 8.66. The zero-order chi connectivity index (χ0) is 18.7. The van der Waals surface area contributed by atoms with Crippen LogP contribution in [0.25, 0.3) is 0 Å².